The second-order valence-corrected chi connectivity index (χ2v) is 4.11. The molecule has 0 saturated carbocycles. The molecule has 3 nitrogen and oxygen atoms in total. The van der Waals surface area contributed by atoms with E-state index in [1.54, 1.807) is 29.1 Å². The Labute approximate surface area is 97.4 Å². The first-order valence-electron chi connectivity index (χ1n) is 4.34. The summed E-state index contributed by atoms with van der Waals surface area (Å²) in [5.74, 6) is 0. The number of nitrogen functional groups attached to an aromatic ring is 1. The quantitative estimate of drug-likeness (QED) is 0.835. The molecule has 1 aromatic carbocycles. The van der Waals surface area contributed by atoms with Gasteiger partial charge < -0.3 is 5.73 Å². The number of hydrogen-bond acceptors (Lipinski definition) is 2. The van der Waals surface area contributed by atoms with Crippen molar-refractivity contribution in [3.63, 3.8) is 0 Å². The van der Waals surface area contributed by atoms with Crippen LogP contribution in [0.25, 0.3) is 5.69 Å². The summed E-state index contributed by atoms with van der Waals surface area (Å²) in [5, 5.41) is 5.38. The molecule has 0 unspecified atom stereocenters. The zero-order valence-corrected chi connectivity index (χ0v) is 9.55. The summed E-state index contributed by atoms with van der Waals surface area (Å²) in [4.78, 5) is 0. The molecule has 0 amide bonds. The Hall–Kier alpha value is -1.19. The van der Waals surface area contributed by atoms with Crippen molar-refractivity contribution in [2.24, 2.45) is 0 Å². The van der Waals surface area contributed by atoms with Crippen LogP contribution in [0.15, 0.2) is 24.4 Å². The molecule has 15 heavy (non-hydrogen) atoms. The third-order valence-corrected chi connectivity index (χ3v) is 2.49. The van der Waals surface area contributed by atoms with Gasteiger partial charge in [-0.15, -0.1) is 0 Å². The molecule has 1 heterocycles. The summed E-state index contributed by atoms with van der Waals surface area (Å²) in [6.07, 6.45) is 1.73. The number of nitrogens with zero attached hydrogens (tertiary/aromatic N) is 2. The maximum absolute atomic E-state index is 5.89. The molecule has 0 radical (unpaired) electrons. The Kier molecular flexibility index (Phi) is 2.59. The van der Waals surface area contributed by atoms with E-state index in [4.69, 9.17) is 28.9 Å². The lowest BCUT2D eigenvalue weighted by Gasteiger charge is -2.02. The molecule has 5 heteroatoms. The highest BCUT2D eigenvalue weighted by Gasteiger charge is 2.04. The highest BCUT2D eigenvalue weighted by molar-refractivity contribution is 6.34. The number of aryl methyl sites for hydroxylation is 1. The first-order chi connectivity index (χ1) is 7.06. The Bertz CT molecular complexity index is 466. The molecule has 0 saturated heterocycles. The van der Waals surface area contributed by atoms with Gasteiger partial charge in [0.25, 0.3) is 0 Å². The zero-order valence-electron chi connectivity index (χ0n) is 8.04. The molecule has 0 spiro atoms. The van der Waals surface area contributed by atoms with Crippen LogP contribution in [-0.4, -0.2) is 9.78 Å². The van der Waals surface area contributed by atoms with Gasteiger partial charge in [-0.2, -0.15) is 5.10 Å². The molecule has 0 aliphatic carbocycles. The molecule has 2 rings (SSSR count). The van der Waals surface area contributed by atoms with Crippen molar-refractivity contribution in [1.29, 1.82) is 0 Å². The summed E-state index contributed by atoms with van der Waals surface area (Å²) in [5.41, 5.74) is 7.93. The monoisotopic (exact) mass is 241 g/mol. The van der Waals surface area contributed by atoms with Crippen LogP contribution in [0.3, 0.4) is 0 Å². The smallest absolute Gasteiger partial charge is 0.0827 e. The summed E-state index contributed by atoms with van der Waals surface area (Å²) in [6, 6.07) is 5.23. The third-order valence-electron chi connectivity index (χ3n) is 2.05. The van der Waals surface area contributed by atoms with Crippen molar-refractivity contribution >= 4 is 28.9 Å². The van der Waals surface area contributed by atoms with Crippen molar-refractivity contribution in [3.05, 3.63) is 40.1 Å². The summed E-state index contributed by atoms with van der Waals surface area (Å²) >= 11 is 11.8. The van der Waals surface area contributed by atoms with Gasteiger partial charge in [0.15, 0.2) is 0 Å². The normalized spacial score (nSPS) is 10.6. The minimum absolute atomic E-state index is 0.573. The van der Waals surface area contributed by atoms with Crippen molar-refractivity contribution in [1.82, 2.24) is 9.78 Å². The van der Waals surface area contributed by atoms with Gasteiger partial charge in [-0.05, 0) is 25.1 Å². The average Bonchev–Trinajstić information content (AvgIpc) is 2.45. The number of anilines is 1. The minimum atomic E-state index is 0.573. The topological polar surface area (TPSA) is 43.8 Å². The predicted octanol–water partition coefficient (Wildman–Crippen LogP) is 3.07. The third kappa shape index (κ3) is 2.08. The van der Waals surface area contributed by atoms with Crippen molar-refractivity contribution < 1.29 is 0 Å². The van der Waals surface area contributed by atoms with E-state index in [0.717, 1.165) is 11.4 Å². The minimum Gasteiger partial charge on any atom is -0.396 e. The second kappa shape index (κ2) is 3.76. The fourth-order valence-corrected chi connectivity index (χ4v) is 1.79. The highest BCUT2D eigenvalue weighted by Crippen LogP contribution is 2.22. The maximum Gasteiger partial charge on any atom is 0.0827 e. The van der Waals surface area contributed by atoms with Crippen LogP contribution in [0.2, 0.25) is 10.0 Å². The standard InChI is InChI=1S/C10H9Cl2N3/c1-6-10(13)5-15(14-6)9-3-7(11)2-8(12)4-9/h2-5H,13H2,1H3. The molecule has 2 aromatic rings. The SMILES string of the molecule is Cc1nn(-c2cc(Cl)cc(Cl)c2)cc1N. The van der Waals surface area contributed by atoms with Gasteiger partial charge in [-0.1, -0.05) is 23.2 Å². The molecule has 1 aromatic heterocycles. The molecule has 0 bridgehead atoms. The molecule has 0 atom stereocenters. The van der Waals surface area contributed by atoms with Crippen LogP contribution >= 0.6 is 23.2 Å². The Balaban J connectivity index is 2.53. The maximum atomic E-state index is 5.89. The van der Waals surface area contributed by atoms with Crippen LogP contribution in [0.4, 0.5) is 5.69 Å². The fourth-order valence-electron chi connectivity index (χ4n) is 1.28. The van der Waals surface area contributed by atoms with E-state index in [1.807, 2.05) is 6.92 Å². The zero-order chi connectivity index (χ0) is 11.0. The van der Waals surface area contributed by atoms with Gasteiger partial charge in [0.1, 0.15) is 0 Å². The second-order valence-electron chi connectivity index (χ2n) is 3.24. The molecule has 78 valence electrons. The Morgan fingerprint density at radius 1 is 1.20 bits per heavy atom. The molecular weight excluding hydrogens is 233 g/mol. The van der Waals surface area contributed by atoms with E-state index in [-0.39, 0.29) is 0 Å². The van der Waals surface area contributed by atoms with E-state index in [1.165, 1.54) is 0 Å². The summed E-state index contributed by atoms with van der Waals surface area (Å²) in [7, 11) is 0. The molecule has 0 fully saturated rings. The number of halogens is 2. The van der Waals surface area contributed by atoms with E-state index >= 15 is 0 Å². The first kappa shape index (κ1) is 10.3. The van der Waals surface area contributed by atoms with Crippen LogP contribution in [0, 0.1) is 6.92 Å². The van der Waals surface area contributed by atoms with Gasteiger partial charge in [0.05, 0.1) is 23.3 Å². The predicted molar refractivity (Wildman–Crippen MR) is 62.7 cm³/mol. The highest BCUT2D eigenvalue weighted by atomic mass is 35.5. The average molecular weight is 242 g/mol. The number of hydrogen-bond donors (Lipinski definition) is 1. The molecule has 2 N–H and O–H groups in total. The number of aromatic nitrogens is 2. The van der Waals surface area contributed by atoms with Crippen molar-refractivity contribution in [2.45, 2.75) is 6.92 Å². The number of nitrogens with two attached hydrogens (primary N) is 1. The first-order valence-corrected chi connectivity index (χ1v) is 5.10. The lowest BCUT2D eigenvalue weighted by Crippen LogP contribution is -1.94. The van der Waals surface area contributed by atoms with Crippen molar-refractivity contribution in [3.8, 4) is 5.69 Å². The van der Waals surface area contributed by atoms with E-state index in [2.05, 4.69) is 5.10 Å². The number of rotatable bonds is 1. The van der Waals surface area contributed by atoms with Crippen molar-refractivity contribution in [2.75, 3.05) is 5.73 Å². The Morgan fingerprint density at radius 2 is 1.80 bits per heavy atom. The summed E-state index contributed by atoms with van der Waals surface area (Å²) < 4.78 is 1.66. The van der Waals surface area contributed by atoms with Gasteiger partial charge in [0.2, 0.25) is 0 Å². The van der Waals surface area contributed by atoms with Gasteiger partial charge in [-0.3, -0.25) is 0 Å². The van der Waals surface area contributed by atoms with Crippen LogP contribution in [0.5, 0.6) is 0 Å². The van der Waals surface area contributed by atoms with E-state index in [9.17, 15) is 0 Å². The Morgan fingerprint density at radius 3 is 2.27 bits per heavy atom. The van der Waals surface area contributed by atoms with E-state index in [0.29, 0.717) is 15.7 Å². The lowest BCUT2D eigenvalue weighted by atomic mass is 10.3. The van der Waals surface area contributed by atoms with Gasteiger partial charge in [-0.25, -0.2) is 4.68 Å². The van der Waals surface area contributed by atoms with Gasteiger partial charge >= 0.3 is 0 Å². The number of benzene rings is 1. The van der Waals surface area contributed by atoms with Gasteiger partial charge in [0, 0.05) is 10.0 Å². The van der Waals surface area contributed by atoms with E-state index < -0.39 is 0 Å². The fraction of sp³-hybridized carbons (Fsp3) is 0.100. The lowest BCUT2D eigenvalue weighted by molar-refractivity contribution is 0.863. The van der Waals surface area contributed by atoms with Crippen LogP contribution in [-0.2, 0) is 0 Å². The van der Waals surface area contributed by atoms with Crippen LogP contribution < -0.4 is 5.73 Å². The van der Waals surface area contributed by atoms with Crippen LogP contribution in [0.1, 0.15) is 5.69 Å². The molecule has 0 aliphatic rings. The molecule has 0 aliphatic heterocycles. The summed E-state index contributed by atoms with van der Waals surface area (Å²) in [6.45, 7) is 1.85. The largest absolute Gasteiger partial charge is 0.396 e. The molecular formula is C10H9Cl2N3.